The molecule has 0 atom stereocenters. The molecule has 0 aromatic heterocycles. The Morgan fingerprint density at radius 3 is 2.25 bits per heavy atom. The summed E-state index contributed by atoms with van der Waals surface area (Å²) in [4.78, 5) is 0. The van der Waals surface area contributed by atoms with E-state index in [2.05, 4.69) is 6.92 Å². The minimum Gasteiger partial charge on any atom is -0.121 e. The van der Waals surface area contributed by atoms with Gasteiger partial charge in [0.05, 0.1) is 0 Å². The molecule has 0 nitrogen and oxygen atoms in total. The molecule has 0 amide bonds. The molecule has 0 fully saturated rings. The van der Waals surface area contributed by atoms with Gasteiger partial charge in [0.25, 0.3) is 0 Å². The SMILES string of the molecule is CCCCCC/C=C/[Si](Cl)(Cl)Cl. The highest BCUT2D eigenvalue weighted by Crippen LogP contribution is 2.21. The van der Waals surface area contributed by atoms with Gasteiger partial charge in [0.1, 0.15) is 0 Å². The summed E-state index contributed by atoms with van der Waals surface area (Å²) in [5.41, 5.74) is 1.75. The van der Waals surface area contributed by atoms with E-state index in [1.165, 1.54) is 25.7 Å². The third-order valence-electron chi connectivity index (χ3n) is 1.53. The maximum atomic E-state index is 5.66. The molecule has 0 bridgehead atoms. The average Bonchev–Trinajstić information content (AvgIpc) is 1.94. The largest absolute Gasteiger partial charge is 0.365 e. The van der Waals surface area contributed by atoms with Crippen LogP contribution in [0.2, 0.25) is 0 Å². The summed E-state index contributed by atoms with van der Waals surface area (Å²) in [6.07, 6.45) is 8.10. The van der Waals surface area contributed by atoms with Crippen molar-refractivity contribution in [1.29, 1.82) is 0 Å². The standard InChI is InChI=1S/C8H15Cl3Si/c1-2-3-4-5-6-7-8-12(9,10)11/h7-8H,2-6H2,1H3/b8-7+. The highest BCUT2D eigenvalue weighted by molar-refractivity contribution is 7.66. The van der Waals surface area contributed by atoms with Gasteiger partial charge in [0, 0.05) is 0 Å². The van der Waals surface area contributed by atoms with Gasteiger partial charge in [-0.1, -0.05) is 38.0 Å². The number of rotatable bonds is 6. The number of hydrogen-bond acceptors (Lipinski definition) is 0. The molecule has 0 radical (unpaired) electrons. The van der Waals surface area contributed by atoms with E-state index in [4.69, 9.17) is 33.2 Å². The first-order valence-electron chi connectivity index (χ1n) is 4.30. The zero-order valence-corrected chi connectivity index (χ0v) is 10.6. The maximum absolute atomic E-state index is 5.66. The van der Waals surface area contributed by atoms with Crippen LogP contribution in [0.3, 0.4) is 0 Å². The Bertz CT molecular complexity index is 129. The summed E-state index contributed by atoms with van der Waals surface area (Å²) in [6, 6.07) is -2.49. The Morgan fingerprint density at radius 1 is 1.08 bits per heavy atom. The van der Waals surface area contributed by atoms with Crippen LogP contribution in [-0.4, -0.2) is 6.00 Å². The lowest BCUT2D eigenvalue weighted by molar-refractivity contribution is 0.674. The van der Waals surface area contributed by atoms with Crippen molar-refractivity contribution >= 4 is 39.2 Å². The van der Waals surface area contributed by atoms with Crippen molar-refractivity contribution in [2.45, 2.75) is 39.0 Å². The Kier molecular flexibility index (Phi) is 7.75. The summed E-state index contributed by atoms with van der Waals surface area (Å²) < 4.78 is 0. The van der Waals surface area contributed by atoms with E-state index in [9.17, 15) is 0 Å². The van der Waals surface area contributed by atoms with Crippen molar-refractivity contribution in [1.82, 2.24) is 0 Å². The van der Waals surface area contributed by atoms with Crippen molar-refractivity contribution in [2.75, 3.05) is 0 Å². The molecule has 0 saturated heterocycles. The minimum absolute atomic E-state index is 1.04. The Balaban J connectivity index is 3.25. The van der Waals surface area contributed by atoms with Crippen molar-refractivity contribution in [3.63, 3.8) is 0 Å². The molecule has 0 unspecified atom stereocenters. The van der Waals surface area contributed by atoms with Gasteiger partial charge in [-0.3, -0.25) is 0 Å². The van der Waals surface area contributed by atoms with Crippen LogP contribution in [0.5, 0.6) is 0 Å². The van der Waals surface area contributed by atoms with Gasteiger partial charge in [-0.15, -0.1) is 33.2 Å². The second-order valence-electron chi connectivity index (χ2n) is 2.79. The summed E-state index contributed by atoms with van der Waals surface area (Å²) in [7, 11) is 0. The second kappa shape index (κ2) is 7.25. The molecule has 4 heteroatoms. The fourth-order valence-corrected chi connectivity index (χ4v) is 2.14. The van der Waals surface area contributed by atoms with Gasteiger partial charge in [-0.2, -0.15) is 0 Å². The lowest BCUT2D eigenvalue weighted by Crippen LogP contribution is -2.02. The molecule has 0 N–H and O–H groups in total. The molecule has 0 aromatic carbocycles. The predicted octanol–water partition coefficient (Wildman–Crippen LogP) is 4.71. The van der Waals surface area contributed by atoms with Crippen LogP contribution in [0.4, 0.5) is 0 Å². The van der Waals surface area contributed by atoms with Gasteiger partial charge in [-0.25, -0.2) is 0 Å². The third kappa shape index (κ3) is 10.8. The van der Waals surface area contributed by atoms with Gasteiger partial charge in [0.15, 0.2) is 0 Å². The monoisotopic (exact) mass is 244 g/mol. The number of halogens is 3. The molecule has 72 valence electrons. The normalized spacial score (nSPS) is 12.7. The molecule has 0 aliphatic heterocycles. The van der Waals surface area contributed by atoms with Crippen LogP contribution < -0.4 is 0 Å². The van der Waals surface area contributed by atoms with Crippen molar-refractivity contribution in [3.05, 3.63) is 11.8 Å². The second-order valence-corrected chi connectivity index (χ2v) is 11.3. The van der Waals surface area contributed by atoms with Gasteiger partial charge >= 0.3 is 6.00 Å². The van der Waals surface area contributed by atoms with Crippen molar-refractivity contribution < 1.29 is 0 Å². The van der Waals surface area contributed by atoms with E-state index in [-0.39, 0.29) is 0 Å². The molecule has 12 heavy (non-hydrogen) atoms. The van der Waals surface area contributed by atoms with Crippen LogP contribution in [0.1, 0.15) is 39.0 Å². The van der Waals surface area contributed by atoms with Crippen LogP contribution in [0.25, 0.3) is 0 Å². The Morgan fingerprint density at radius 2 is 1.75 bits per heavy atom. The summed E-state index contributed by atoms with van der Waals surface area (Å²) in [5.74, 6) is 0. The van der Waals surface area contributed by atoms with E-state index in [1.54, 1.807) is 5.70 Å². The maximum Gasteiger partial charge on any atom is 0.365 e. The van der Waals surface area contributed by atoms with Gasteiger partial charge in [0.2, 0.25) is 0 Å². The molecule has 0 aromatic rings. The summed E-state index contributed by atoms with van der Waals surface area (Å²) in [6.45, 7) is 2.20. The zero-order valence-electron chi connectivity index (χ0n) is 7.32. The molecule has 0 aliphatic carbocycles. The van der Waals surface area contributed by atoms with E-state index in [1.807, 2.05) is 6.08 Å². The first-order valence-corrected chi connectivity index (χ1v) is 9.42. The number of unbranched alkanes of at least 4 members (excludes halogenated alkanes) is 4. The summed E-state index contributed by atoms with van der Waals surface area (Å²) >= 11 is 17.0. The third-order valence-corrected chi connectivity index (χ3v) is 3.28. The first kappa shape index (κ1) is 12.8. The van der Waals surface area contributed by atoms with Crippen LogP contribution in [0, 0.1) is 0 Å². The van der Waals surface area contributed by atoms with Crippen molar-refractivity contribution in [3.8, 4) is 0 Å². The minimum atomic E-state index is -2.49. The molecule has 0 rings (SSSR count). The predicted molar refractivity (Wildman–Crippen MR) is 61.2 cm³/mol. The molecule has 0 aliphatic rings. The topological polar surface area (TPSA) is 0 Å². The highest BCUT2D eigenvalue weighted by Gasteiger charge is 2.19. The van der Waals surface area contributed by atoms with E-state index in [0.717, 1.165) is 6.42 Å². The average molecular weight is 246 g/mol. The van der Waals surface area contributed by atoms with Crippen LogP contribution >= 0.6 is 33.2 Å². The highest BCUT2D eigenvalue weighted by atomic mass is 35.8. The number of allylic oxidation sites excluding steroid dienone is 1. The summed E-state index contributed by atoms with van der Waals surface area (Å²) in [5, 5.41) is 0. The quantitative estimate of drug-likeness (QED) is 0.361. The fraction of sp³-hybridized carbons (Fsp3) is 0.750. The van der Waals surface area contributed by atoms with E-state index >= 15 is 0 Å². The smallest absolute Gasteiger partial charge is 0.121 e. The molecular weight excluding hydrogens is 231 g/mol. The van der Waals surface area contributed by atoms with Crippen molar-refractivity contribution in [2.24, 2.45) is 0 Å². The van der Waals surface area contributed by atoms with E-state index < -0.39 is 6.00 Å². The fourth-order valence-electron chi connectivity index (χ4n) is 0.906. The Labute approximate surface area is 90.0 Å². The number of hydrogen-bond donors (Lipinski definition) is 0. The zero-order chi connectivity index (χ0) is 9.45. The Hall–Kier alpha value is 0.827. The molecule has 0 saturated carbocycles. The molecule has 0 spiro atoms. The lowest BCUT2D eigenvalue weighted by Gasteiger charge is -1.98. The van der Waals surface area contributed by atoms with E-state index in [0.29, 0.717) is 0 Å². The van der Waals surface area contributed by atoms with Crippen LogP contribution in [0.15, 0.2) is 11.8 Å². The van der Waals surface area contributed by atoms with Crippen LogP contribution in [-0.2, 0) is 0 Å². The first-order chi connectivity index (χ1) is 5.56. The van der Waals surface area contributed by atoms with Gasteiger partial charge in [-0.05, 0) is 12.8 Å². The molecular formula is C8H15Cl3Si. The molecule has 0 heterocycles. The lowest BCUT2D eigenvalue weighted by atomic mass is 10.2. The van der Waals surface area contributed by atoms with Gasteiger partial charge < -0.3 is 0 Å².